The number of nitrogens with one attached hydrogen (secondary N) is 1. The van der Waals surface area contributed by atoms with Gasteiger partial charge in [0.2, 0.25) is 0 Å². The van der Waals surface area contributed by atoms with Crippen LogP contribution >= 0.6 is 12.2 Å². The van der Waals surface area contributed by atoms with E-state index >= 15 is 0 Å². The summed E-state index contributed by atoms with van der Waals surface area (Å²) in [5.74, 6) is 1.31. The van der Waals surface area contributed by atoms with E-state index in [9.17, 15) is 0 Å². The highest BCUT2D eigenvalue weighted by Crippen LogP contribution is 2.42. The second-order valence-electron chi connectivity index (χ2n) is 8.74. The average Bonchev–Trinajstić information content (AvgIpc) is 3.49. The molecule has 2 atom stereocenters. The number of hydrogen-bond acceptors (Lipinski definition) is 3. The highest BCUT2D eigenvalue weighted by Gasteiger charge is 2.42. The maximum absolute atomic E-state index is 5.89. The van der Waals surface area contributed by atoms with E-state index in [1.165, 1.54) is 5.56 Å². The van der Waals surface area contributed by atoms with E-state index in [2.05, 4.69) is 94.4 Å². The molecule has 0 bridgehead atoms. The quantitative estimate of drug-likeness (QED) is 0.342. The lowest BCUT2D eigenvalue weighted by molar-refractivity contribution is 0.414. The van der Waals surface area contributed by atoms with E-state index in [4.69, 9.17) is 17.0 Å². The van der Waals surface area contributed by atoms with Crippen LogP contribution in [0, 0.1) is 0 Å². The number of ether oxygens (including phenoxy) is 1. The lowest BCUT2D eigenvalue weighted by atomic mass is 9.99. The summed E-state index contributed by atoms with van der Waals surface area (Å²) in [5.41, 5.74) is 5.52. The van der Waals surface area contributed by atoms with Crippen LogP contribution in [0.5, 0.6) is 5.75 Å². The van der Waals surface area contributed by atoms with Crippen molar-refractivity contribution in [1.82, 2.24) is 14.9 Å². The van der Waals surface area contributed by atoms with Crippen LogP contribution in [0.15, 0.2) is 91.3 Å². The minimum absolute atomic E-state index is 0.0793. The second kappa shape index (κ2) is 9.31. The van der Waals surface area contributed by atoms with Gasteiger partial charge in [-0.1, -0.05) is 32.0 Å². The van der Waals surface area contributed by atoms with Crippen molar-refractivity contribution in [3.63, 3.8) is 0 Å². The summed E-state index contributed by atoms with van der Waals surface area (Å²) in [5, 5.41) is 4.25. The van der Waals surface area contributed by atoms with Crippen molar-refractivity contribution < 1.29 is 4.74 Å². The molecule has 1 aliphatic heterocycles. The standard InChI is InChI=1S/C28H28N4OS/c1-19(2)20-9-11-22(12-10-20)32-27(26(30-28(32)34)24-7-4-5-17-29-24)25-8-6-18-31(25)21-13-15-23(33-3)16-14-21/h4-19,26-27H,1-3H3,(H,30,34)/t26-,27+/m1/s1. The molecule has 0 radical (unpaired) electrons. The summed E-state index contributed by atoms with van der Waals surface area (Å²) < 4.78 is 7.57. The van der Waals surface area contributed by atoms with Gasteiger partial charge in [-0.3, -0.25) is 4.98 Å². The fourth-order valence-corrected chi connectivity index (χ4v) is 4.91. The molecule has 4 aromatic rings. The Morgan fingerprint density at radius 3 is 2.29 bits per heavy atom. The highest BCUT2D eigenvalue weighted by molar-refractivity contribution is 7.80. The minimum Gasteiger partial charge on any atom is -0.497 e. The maximum atomic E-state index is 5.89. The first-order valence-corrected chi connectivity index (χ1v) is 11.9. The molecule has 0 saturated carbocycles. The monoisotopic (exact) mass is 468 g/mol. The Bertz CT molecular complexity index is 1270. The number of methoxy groups -OCH3 is 1. The molecule has 1 fully saturated rings. The number of aromatic nitrogens is 2. The fraction of sp³-hybridized carbons (Fsp3) is 0.214. The Labute approximate surface area is 206 Å². The molecule has 0 unspecified atom stereocenters. The molecule has 34 heavy (non-hydrogen) atoms. The summed E-state index contributed by atoms with van der Waals surface area (Å²) in [6.45, 7) is 4.41. The Kier molecular flexibility index (Phi) is 6.07. The van der Waals surface area contributed by atoms with Gasteiger partial charge in [0, 0.05) is 29.5 Å². The third-order valence-corrected chi connectivity index (χ3v) is 6.68. The molecule has 0 spiro atoms. The Hall–Kier alpha value is -3.64. The van der Waals surface area contributed by atoms with Gasteiger partial charge in [-0.05, 0) is 84.4 Å². The molecule has 1 saturated heterocycles. The van der Waals surface area contributed by atoms with Gasteiger partial charge < -0.3 is 19.5 Å². The van der Waals surface area contributed by atoms with Crippen LogP contribution in [0.3, 0.4) is 0 Å². The number of hydrogen-bond donors (Lipinski definition) is 1. The summed E-state index contributed by atoms with van der Waals surface area (Å²) in [6.07, 6.45) is 3.92. The van der Waals surface area contributed by atoms with E-state index in [-0.39, 0.29) is 12.1 Å². The predicted octanol–water partition coefficient (Wildman–Crippen LogP) is 6.18. The summed E-state index contributed by atoms with van der Waals surface area (Å²) >= 11 is 5.89. The van der Waals surface area contributed by atoms with Gasteiger partial charge in [0.15, 0.2) is 5.11 Å². The Morgan fingerprint density at radius 2 is 1.65 bits per heavy atom. The van der Waals surface area contributed by atoms with Crippen LogP contribution in [-0.2, 0) is 0 Å². The van der Waals surface area contributed by atoms with Crippen molar-refractivity contribution in [2.75, 3.05) is 12.0 Å². The average molecular weight is 469 g/mol. The van der Waals surface area contributed by atoms with E-state index < -0.39 is 0 Å². The summed E-state index contributed by atoms with van der Waals surface area (Å²) in [7, 11) is 1.68. The van der Waals surface area contributed by atoms with Crippen LogP contribution in [0.25, 0.3) is 5.69 Å². The lowest BCUT2D eigenvalue weighted by Crippen LogP contribution is -2.30. The third-order valence-electron chi connectivity index (χ3n) is 6.37. The second-order valence-corrected chi connectivity index (χ2v) is 9.13. The molecule has 1 aliphatic rings. The number of nitrogens with zero attached hydrogens (tertiary/aromatic N) is 3. The molecule has 3 heterocycles. The number of rotatable bonds is 6. The topological polar surface area (TPSA) is 42.3 Å². The first kappa shape index (κ1) is 22.2. The number of anilines is 1. The summed E-state index contributed by atoms with van der Waals surface area (Å²) in [4.78, 5) is 6.89. The van der Waals surface area contributed by atoms with Crippen molar-refractivity contribution in [2.24, 2.45) is 0 Å². The van der Waals surface area contributed by atoms with Crippen molar-refractivity contribution >= 4 is 23.0 Å². The van der Waals surface area contributed by atoms with E-state index in [1.807, 2.05) is 30.5 Å². The van der Waals surface area contributed by atoms with Gasteiger partial charge in [0.05, 0.1) is 18.8 Å². The van der Waals surface area contributed by atoms with E-state index in [0.29, 0.717) is 11.0 Å². The highest BCUT2D eigenvalue weighted by atomic mass is 32.1. The molecule has 0 aliphatic carbocycles. The van der Waals surface area contributed by atoms with Gasteiger partial charge in [-0.2, -0.15) is 0 Å². The van der Waals surface area contributed by atoms with Gasteiger partial charge in [-0.15, -0.1) is 0 Å². The van der Waals surface area contributed by atoms with Crippen LogP contribution < -0.4 is 15.0 Å². The van der Waals surface area contributed by atoms with Crippen LogP contribution in [0.4, 0.5) is 5.69 Å². The van der Waals surface area contributed by atoms with Gasteiger partial charge in [0.25, 0.3) is 0 Å². The zero-order valence-electron chi connectivity index (χ0n) is 19.6. The van der Waals surface area contributed by atoms with Crippen molar-refractivity contribution in [3.8, 4) is 11.4 Å². The smallest absolute Gasteiger partial charge is 0.174 e. The maximum Gasteiger partial charge on any atom is 0.174 e. The van der Waals surface area contributed by atoms with Crippen LogP contribution in [0.2, 0.25) is 0 Å². The third kappa shape index (κ3) is 4.05. The molecular weight excluding hydrogens is 440 g/mol. The predicted molar refractivity (Wildman–Crippen MR) is 141 cm³/mol. The molecule has 172 valence electrons. The van der Waals surface area contributed by atoms with Gasteiger partial charge in [0.1, 0.15) is 11.8 Å². The normalized spacial score (nSPS) is 17.8. The van der Waals surface area contributed by atoms with Crippen molar-refractivity contribution in [2.45, 2.75) is 31.8 Å². The molecule has 0 amide bonds. The van der Waals surface area contributed by atoms with Gasteiger partial charge in [-0.25, -0.2) is 0 Å². The molecule has 2 aromatic heterocycles. The van der Waals surface area contributed by atoms with Gasteiger partial charge >= 0.3 is 0 Å². The SMILES string of the molecule is COc1ccc(-n2cccc2[C@H]2[C@@H](c3ccccn3)NC(=S)N2c2ccc(C(C)C)cc2)cc1. The zero-order valence-corrected chi connectivity index (χ0v) is 20.4. The molecular formula is C28H28N4OS. The molecule has 6 heteroatoms. The zero-order chi connectivity index (χ0) is 23.7. The van der Waals surface area contributed by atoms with E-state index in [0.717, 1.165) is 28.5 Å². The Balaban J connectivity index is 1.62. The molecule has 5 nitrogen and oxygen atoms in total. The fourth-order valence-electron chi connectivity index (χ4n) is 4.57. The minimum atomic E-state index is -0.0922. The number of thiocarbonyl (C=S) groups is 1. The largest absolute Gasteiger partial charge is 0.497 e. The lowest BCUT2D eigenvalue weighted by Gasteiger charge is -2.29. The van der Waals surface area contributed by atoms with E-state index in [1.54, 1.807) is 7.11 Å². The molecule has 5 rings (SSSR count). The van der Waals surface area contributed by atoms with Crippen molar-refractivity contribution in [1.29, 1.82) is 0 Å². The van der Waals surface area contributed by atoms with Crippen LogP contribution in [0.1, 0.15) is 48.8 Å². The summed E-state index contributed by atoms with van der Waals surface area (Å²) in [6, 6.07) is 26.9. The van der Waals surface area contributed by atoms with Crippen LogP contribution in [-0.4, -0.2) is 21.8 Å². The van der Waals surface area contributed by atoms with Crippen molar-refractivity contribution in [3.05, 3.63) is 108 Å². The first-order valence-electron chi connectivity index (χ1n) is 11.5. The number of benzene rings is 2. The first-order chi connectivity index (χ1) is 16.6. The number of pyridine rings is 1. The molecule has 2 aromatic carbocycles. The Morgan fingerprint density at radius 1 is 0.912 bits per heavy atom. The molecule has 1 N–H and O–H groups in total.